The lowest BCUT2D eigenvalue weighted by molar-refractivity contribution is -0.248. The molecule has 1 aromatic carbocycles. The van der Waals surface area contributed by atoms with E-state index in [1.807, 2.05) is 0 Å². The van der Waals surface area contributed by atoms with Gasteiger partial charge < -0.3 is 9.94 Å². The largest absolute Gasteiger partial charge is 0.393 e. The van der Waals surface area contributed by atoms with Gasteiger partial charge in [-0.3, -0.25) is 0 Å². The van der Waals surface area contributed by atoms with Gasteiger partial charge in [-0.15, -0.1) is 0 Å². The van der Waals surface area contributed by atoms with Crippen molar-refractivity contribution < 1.29 is 9.94 Å². The molecule has 5 saturated carbocycles. The van der Waals surface area contributed by atoms with E-state index in [1.165, 1.54) is 63.4 Å². The highest BCUT2D eigenvalue weighted by Gasteiger charge is 2.70. The van der Waals surface area contributed by atoms with Crippen molar-refractivity contribution in [2.24, 2.45) is 67.7 Å². The summed E-state index contributed by atoms with van der Waals surface area (Å²) in [6.45, 7) is 15.5. The molecule has 0 amide bonds. The van der Waals surface area contributed by atoms with Crippen molar-refractivity contribution in [3.8, 4) is 0 Å². The second-order valence-electron chi connectivity index (χ2n) is 16.7. The molecule has 214 valence electrons. The van der Waals surface area contributed by atoms with E-state index in [4.69, 9.17) is 4.84 Å². The molecule has 39 heavy (non-hydrogen) atoms. The van der Waals surface area contributed by atoms with Gasteiger partial charge in [0.15, 0.2) is 6.10 Å². The Bertz CT molecular complexity index is 1130. The molecule has 0 radical (unpaired) electrons. The predicted molar refractivity (Wildman–Crippen MR) is 158 cm³/mol. The Morgan fingerprint density at radius 1 is 0.769 bits per heavy atom. The Morgan fingerprint density at radius 3 is 2.31 bits per heavy atom. The SMILES string of the molecule is CC1(C)[C@@H](O)CC[C@]2(C)[C@H]3CC[C@@H]4[C@H]5[C@H](C6C=NOC6c6ccccc6)CC[C@]5(C)CC[C@@]4(C)[C@]3(C)CC[C@@H]12. The molecular formula is C36H53NO2. The number of nitrogens with zero attached hydrogens (tertiary/aromatic N) is 1. The minimum atomic E-state index is -0.144. The second-order valence-corrected chi connectivity index (χ2v) is 16.7. The Hall–Kier alpha value is -1.35. The average Bonchev–Trinajstić information content (AvgIpc) is 3.52. The minimum Gasteiger partial charge on any atom is -0.393 e. The first-order valence-corrected chi connectivity index (χ1v) is 16.4. The Morgan fingerprint density at radius 2 is 1.54 bits per heavy atom. The van der Waals surface area contributed by atoms with E-state index in [2.05, 4.69) is 83.2 Å². The van der Waals surface area contributed by atoms with Crippen molar-refractivity contribution in [2.75, 3.05) is 0 Å². The molecule has 1 N–H and O–H groups in total. The third-order valence-corrected chi connectivity index (χ3v) is 15.3. The molecular weight excluding hydrogens is 478 g/mol. The summed E-state index contributed by atoms with van der Waals surface area (Å²) in [7, 11) is 0. The van der Waals surface area contributed by atoms with Crippen LogP contribution in [0, 0.1) is 62.6 Å². The highest BCUT2D eigenvalue weighted by Crippen LogP contribution is 2.77. The third-order valence-electron chi connectivity index (χ3n) is 15.3. The maximum absolute atomic E-state index is 11.0. The lowest BCUT2D eigenvalue weighted by atomic mass is 9.32. The van der Waals surface area contributed by atoms with Gasteiger partial charge >= 0.3 is 0 Å². The summed E-state index contributed by atoms with van der Waals surface area (Å²) in [5.74, 6) is 4.01. The number of hydrogen-bond acceptors (Lipinski definition) is 3. The summed E-state index contributed by atoms with van der Waals surface area (Å²) < 4.78 is 0. The van der Waals surface area contributed by atoms with E-state index >= 15 is 0 Å². The highest BCUT2D eigenvalue weighted by molar-refractivity contribution is 5.64. The van der Waals surface area contributed by atoms with E-state index in [0.717, 1.165) is 24.2 Å². The number of benzene rings is 1. The molecule has 1 aromatic rings. The normalized spacial score (nSPS) is 53.7. The number of fused-ring (bicyclic) bond motifs is 7. The first-order chi connectivity index (χ1) is 18.5. The van der Waals surface area contributed by atoms with Gasteiger partial charge in [0.05, 0.1) is 12.3 Å². The van der Waals surface area contributed by atoms with Gasteiger partial charge in [-0.2, -0.15) is 0 Å². The molecule has 5 fully saturated rings. The molecule has 12 atom stereocenters. The average molecular weight is 532 g/mol. The molecule has 5 aliphatic carbocycles. The quantitative estimate of drug-likeness (QED) is 0.414. The zero-order chi connectivity index (χ0) is 27.4. The molecule has 2 unspecified atom stereocenters. The van der Waals surface area contributed by atoms with Gasteiger partial charge in [0, 0.05) is 5.92 Å². The molecule has 0 spiro atoms. The van der Waals surface area contributed by atoms with Crippen LogP contribution in [0.25, 0.3) is 0 Å². The fraction of sp³-hybridized carbons (Fsp3) is 0.806. The molecule has 1 aliphatic heterocycles. The van der Waals surface area contributed by atoms with Crippen molar-refractivity contribution in [3.05, 3.63) is 35.9 Å². The van der Waals surface area contributed by atoms with Crippen LogP contribution in [-0.4, -0.2) is 17.4 Å². The maximum Gasteiger partial charge on any atom is 0.160 e. The molecule has 0 bridgehead atoms. The van der Waals surface area contributed by atoms with Gasteiger partial charge in [0.25, 0.3) is 0 Å². The van der Waals surface area contributed by atoms with E-state index in [0.29, 0.717) is 39.4 Å². The van der Waals surface area contributed by atoms with Crippen LogP contribution in [0.3, 0.4) is 0 Å². The monoisotopic (exact) mass is 531 g/mol. The van der Waals surface area contributed by atoms with E-state index < -0.39 is 0 Å². The molecule has 7 rings (SSSR count). The first-order valence-electron chi connectivity index (χ1n) is 16.4. The predicted octanol–water partition coefficient (Wildman–Crippen LogP) is 8.82. The zero-order valence-electron chi connectivity index (χ0n) is 25.5. The first kappa shape index (κ1) is 26.5. The van der Waals surface area contributed by atoms with Crippen LogP contribution in [0.1, 0.15) is 117 Å². The van der Waals surface area contributed by atoms with Gasteiger partial charge in [-0.05, 0) is 126 Å². The smallest absolute Gasteiger partial charge is 0.160 e. The van der Waals surface area contributed by atoms with Crippen molar-refractivity contribution in [3.63, 3.8) is 0 Å². The highest BCUT2D eigenvalue weighted by atomic mass is 16.6. The van der Waals surface area contributed by atoms with E-state index in [1.54, 1.807) is 0 Å². The maximum atomic E-state index is 11.0. The number of aliphatic hydroxyl groups is 1. The van der Waals surface area contributed by atoms with Crippen LogP contribution in [0.5, 0.6) is 0 Å². The third kappa shape index (κ3) is 3.41. The van der Waals surface area contributed by atoms with Gasteiger partial charge in [-0.1, -0.05) is 77.0 Å². The van der Waals surface area contributed by atoms with Gasteiger partial charge in [0.1, 0.15) is 0 Å². The van der Waals surface area contributed by atoms with E-state index in [9.17, 15) is 5.11 Å². The summed E-state index contributed by atoms with van der Waals surface area (Å²) in [6, 6.07) is 10.9. The molecule has 0 saturated heterocycles. The van der Waals surface area contributed by atoms with Crippen molar-refractivity contribution in [2.45, 2.75) is 118 Å². The number of rotatable bonds is 2. The Kier molecular flexibility index (Phi) is 5.84. The Balaban J connectivity index is 1.24. The van der Waals surface area contributed by atoms with Crippen LogP contribution in [-0.2, 0) is 4.84 Å². The van der Waals surface area contributed by atoms with Crippen molar-refractivity contribution in [1.29, 1.82) is 0 Å². The van der Waals surface area contributed by atoms with E-state index in [-0.39, 0.29) is 17.6 Å². The number of aliphatic hydroxyl groups excluding tert-OH is 1. The lowest BCUT2D eigenvalue weighted by Crippen LogP contribution is -2.66. The summed E-state index contributed by atoms with van der Waals surface area (Å²) in [5.41, 5.74) is 2.89. The summed E-state index contributed by atoms with van der Waals surface area (Å²) in [4.78, 5) is 6.09. The minimum absolute atomic E-state index is 0.0298. The fourth-order valence-corrected chi connectivity index (χ4v) is 13.0. The van der Waals surface area contributed by atoms with Crippen LogP contribution in [0.2, 0.25) is 0 Å². The zero-order valence-corrected chi connectivity index (χ0v) is 25.5. The summed E-state index contributed by atoms with van der Waals surface area (Å²) >= 11 is 0. The number of oxime groups is 1. The Labute approximate surface area is 237 Å². The summed E-state index contributed by atoms with van der Waals surface area (Å²) in [6.07, 6.45) is 15.2. The lowest BCUT2D eigenvalue weighted by Gasteiger charge is -2.73. The molecule has 6 aliphatic rings. The van der Waals surface area contributed by atoms with Crippen LogP contribution < -0.4 is 0 Å². The number of hydrogen-bond donors (Lipinski definition) is 1. The van der Waals surface area contributed by atoms with Crippen LogP contribution in [0.4, 0.5) is 0 Å². The standard InChI is InChI=1S/C36H53NO2/c1-32(2)27-15-19-36(6)28(34(27,4)18-16-29(32)38)13-12-26-30-24(14-17-33(30,3)20-21-35(26,36)5)25-22-37-39-31(25)23-10-8-7-9-11-23/h7-11,22,24-31,38H,12-21H2,1-6H3/t24-,25?,26+,27-,28+,29-,30+,31?,33+,34-,35+,36+/m0/s1. The summed E-state index contributed by atoms with van der Waals surface area (Å²) in [5, 5.41) is 15.5. The van der Waals surface area contributed by atoms with Crippen LogP contribution in [0.15, 0.2) is 35.5 Å². The van der Waals surface area contributed by atoms with Crippen LogP contribution >= 0.6 is 0 Å². The molecule has 3 heteroatoms. The fourth-order valence-electron chi connectivity index (χ4n) is 13.0. The molecule has 1 heterocycles. The second kappa shape index (κ2) is 8.59. The van der Waals surface area contributed by atoms with Crippen molar-refractivity contribution in [1.82, 2.24) is 0 Å². The van der Waals surface area contributed by atoms with Crippen molar-refractivity contribution >= 4 is 6.21 Å². The molecule has 3 nitrogen and oxygen atoms in total. The van der Waals surface area contributed by atoms with Gasteiger partial charge in [-0.25, -0.2) is 0 Å². The topological polar surface area (TPSA) is 41.8 Å². The molecule has 0 aromatic heterocycles. The van der Waals surface area contributed by atoms with Gasteiger partial charge in [0.2, 0.25) is 0 Å².